The predicted octanol–water partition coefficient (Wildman–Crippen LogP) is 3.82. The molecule has 1 atom stereocenters. The first-order valence-corrected chi connectivity index (χ1v) is 14.4. The summed E-state index contributed by atoms with van der Waals surface area (Å²) in [7, 11) is 0. The van der Waals surface area contributed by atoms with E-state index in [2.05, 4.69) is 5.32 Å². The van der Waals surface area contributed by atoms with Gasteiger partial charge in [-0.25, -0.2) is 13.2 Å². The highest BCUT2D eigenvalue weighted by atomic mass is 19.2. The Morgan fingerprint density at radius 1 is 0.951 bits per heavy atom. The number of carbonyl (C=O) groups is 3. The van der Waals surface area contributed by atoms with E-state index in [1.807, 2.05) is 12.1 Å². The van der Waals surface area contributed by atoms with Gasteiger partial charge in [-0.05, 0) is 86.0 Å². The third-order valence-corrected chi connectivity index (χ3v) is 9.38. The van der Waals surface area contributed by atoms with Gasteiger partial charge in [0.2, 0.25) is 17.7 Å². The van der Waals surface area contributed by atoms with Gasteiger partial charge < -0.3 is 20.9 Å². The van der Waals surface area contributed by atoms with Crippen LogP contribution in [0, 0.1) is 35.2 Å². The Bertz CT molecular complexity index is 1350. The van der Waals surface area contributed by atoms with Crippen molar-refractivity contribution in [2.45, 2.75) is 69.5 Å². The number of fused-ring (bicyclic) bond motifs is 1. The van der Waals surface area contributed by atoms with E-state index in [0.717, 1.165) is 30.9 Å². The molecule has 0 aromatic heterocycles. The fourth-order valence-electron chi connectivity index (χ4n) is 8.07. The molecular formula is C31H35F3N4O3. The molecule has 3 N–H and O–H groups in total. The van der Waals surface area contributed by atoms with Crippen LogP contribution in [0.1, 0.15) is 56.1 Å². The maximum atomic E-state index is 14.1. The van der Waals surface area contributed by atoms with E-state index in [1.54, 1.807) is 12.1 Å². The smallest absolute Gasteiger partial charge is 0.247 e. The molecule has 2 aromatic rings. The summed E-state index contributed by atoms with van der Waals surface area (Å²) in [6.07, 6.45) is 6.40. The maximum absolute atomic E-state index is 14.1. The first kappa shape index (κ1) is 27.8. The summed E-state index contributed by atoms with van der Waals surface area (Å²) in [5.74, 6) is -2.41. The van der Waals surface area contributed by atoms with Crippen LogP contribution in [0.25, 0.3) is 0 Å². The fourth-order valence-corrected chi connectivity index (χ4v) is 8.07. The molecule has 1 aliphatic heterocycles. The Labute approximate surface area is 237 Å². The average molecular weight is 569 g/mol. The number of carbonyl (C=O) groups excluding carboxylic acids is 3. The summed E-state index contributed by atoms with van der Waals surface area (Å²) in [5, 5.41) is 3.33. The van der Waals surface area contributed by atoms with Crippen LogP contribution in [0.15, 0.2) is 36.4 Å². The number of hydrogen-bond donors (Lipinski definition) is 2. The number of nitrogens with zero attached hydrogens (tertiary/aromatic N) is 2. The lowest BCUT2D eigenvalue weighted by atomic mass is 9.53. The van der Waals surface area contributed by atoms with Crippen LogP contribution in [0.4, 0.5) is 18.9 Å². The average Bonchev–Trinajstić information content (AvgIpc) is 3.02. The highest BCUT2D eigenvalue weighted by Gasteiger charge is 2.51. The van der Waals surface area contributed by atoms with Crippen molar-refractivity contribution < 1.29 is 27.6 Å². The van der Waals surface area contributed by atoms with Crippen LogP contribution in [-0.2, 0) is 27.3 Å². The number of benzene rings is 2. The number of amides is 3. The largest absolute Gasteiger partial charge is 0.349 e. The number of halogens is 3. The first-order chi connectivity index (χ1) is 19.6. The summed E-state index contributed by atoms with van der Waals surface area (Å²) in [4.78, 5) is 42.9. The molecule has 5 aliphatic rings. The van der Waals surface area contributed by atoms with E-state index < -0.39 is 29.4 Å². The molecule has 10 heteroatoms. The standard InChI is InChI=1S/C31H35F3N4O3/c32-24-11-26(34)25(33)9-22(24)8-23(35)10-29(40)37-15-21-3-1-2-4-27(21)38(30(41)17-37)16-28(39)36-31-12-18-5-19(13-31)7-20(6-18)14-31/h1-4,9,11,18-20,23H,5-8,10,12-17,35H2,(H,36,39). The van der Waals surface area contributed by atoms with Crippen LogP contribution in [0.5, 0.6) is 0 Å². The second-order valence-corrected chi connectivity index (χ2v) is 12.6. The van der Waals surface area contributed by atoms with Crippen molar-refractivity contribution in [3.63, 3.8) is 0 Å². The van der Waals surface area contributed by atoms with E-state index >= 15 is 0 Å². The summed E-state index contributed by atoms with van der Waals surface area (Å²) in [6.45, 7) is -0.237. The Morgan fingerprint density at radius 2 is 1.59 bits per heavy atom. The van der Waals surface area contributed by atoms with E-state index in [-0.39, 0.29) is 55.4 Å². The number of para-hydroxylation sites is 1. The first-order valence-electron chi connectivity index (χ1n) is 14.4. The van der Waals surface area contributed by atoms with Crippen molar-refractivity contribution in [1.82, 2.24) is 10.2 Å². The molecule has 4 fully saturated rings. The summed E-state index contributed by atoms with van der Waals surface area (Å²) in [5.41, 5.74) is 7.09. The zero-order chi connectivity index (χ0) is 28.9. The summed E-state index contributed by atoms with van der Waals surface area (Å²) in [6, 6.07) is 7.51. The van der Waals surface area contributed by atoms with Gasteiger partial charge in [-0.3, -0.25) is 14.4 Å². The molecule has 0 spiro atoms. The van der Waals surface area contributed by atoms with Gasteiger partial charge >= 0.3 is 0 Å². The molecule has 0 radical (unpaired) electrons. The lowest BCUT2D eigenvalue weighted by Crippen LogP contribution is -2.61. The van der Waals surface area contributed by atoms with Crippen molar-refractivity contribution in [1.29, 1.82) is 0 Å². The minimum absolute atomic E-state index is 0.127. The second kappa shape index (κ2) is 10.8. The molecular weight excluding hydrogens is 533 g/mol. The normalized spacial score (nSPS) is 27.4. The molecule has 0 saturated heterocycles. The van der Waals surface area contributed by atoms with E-state index in [9.17, 15) is 27.6 Å². The number of anilines is 1. The molecule has 2 aromatic carbocycles. The van der Waals surface area contributed by atoms with E-state index in [4.69, 9.17) is 5.73 Å². The Kier molecular flexibility index (Phi) is 7.30. The monoisotopic (exact) mass is 568 g/mol. The number of rotatable bonds is 7. The molecule has 41 heavy (non-hydrogen) atoms. The van der Waals surface area contributed by atoms with Gasteiger partial charge in [-0.15, -0.1) is 0 Å². The fraction of sp³-hybridized carbons (Fsp3) is 0.516. The van der Waals surface area contributed by atoms with Crippen molar-refractivity contribution in [2.75, 3.05) is 18.0 Å². The van der Waals surface area contributed by atoms with Crippen molar-refractivity contribution in [2.24, 2.45) is 23.5 Å². The van der Waals surface area contributed by atoms with E-state index in [0.29, 0.717) is 29.5 Å². The second-order valence-electron chi connectivity index (χ2n) is 12.6. The number of hydrogen-bond acceptors (Lipinski definition) is 4. The molecule has 1 unspecified atom stereocenters. The third kappa shape index (κ3) is 5.71. The Hall–Kier alpha value is -3.40. The molecule has 3 amide bonds. The molecule has 4 bridgehead atoms. The van der Waals surface area contributed by atoms with Crippen LogP contribution in [-0.4, -0.2) is 47.3 Å². The van der Waals surface area contributed by atoms with Gasteiger partial charge in [0.05, 0.1) is 0 Å². The molecule has 1 heterocycles. The molecule has 4 saturated carbocycles. The van der Waals surface area contributed by atoms with E-state index in [1.165, 1.54) is 29.1 Å². The third-order valence-electron chi connectivity index (χ3n) is 9.38. The molecule has 7 rings (SSSR count). The molecule has 7 nitrogen and oxygen atoms in total. The SMILES string of the molecule is NC(CC(=O)N1CC(=O)N(CC(=O)NC23CC4CC(CC(C4)C2)C3)c2ccccc2C1)Cc1cc(F)c(F)cc1F. The van der Waals surface area contributed by atoms with Gasteiger partial charge in [0, 0.05) is 36.3 Å². The van der Waals surface area contributed by atoms with Gasteiger partial charge in [0.1, 0.15) is 18.9 Å². The Balaban J connectivity index is 1.13. The quantitative estimate of drug-likeness (QED) is 0.497. The highest BCUT2D eigenvalue weighted by Crippen LogP contribution is 2.55. The molecule has 4 aliphatic carbocycles. The topological polar surface area (TPSA) is 95.7 Å². The maximum Gasteiger partial charge on any atom is 0.247 e. The van der Waals surface area contributed by atoms with Gasteiger partial charge in [0.15, 0.2) is 11.6 Å². The zero-order valence-electron chi connectivity index (χ0n) is 22.9. The minimum Gasteiger partial charge on any atom is -0.349 e. The van der Waals surface area contributed by atoms with Crippen LogP contribution in [0.2, 0.25) is 0 Å². The highest BCUT2D eigenvalue weighted by molar-refractivity contribution is 6.02. The Morgan fingerprint density at radius 3 is 2.27 bits per heavy atom. The van der Waals surface area contributed by atoms with Crippen molar-refractivity contribution >= 4 is 23.4 Å². The van der Waals surface area contributed by atoms with Gasteiger partial charge in [0.25, 0.3) is 0 Å². The van der Waals surface area contributed by atoms with Crippen molar-refractivity contribution in [3.05, 3.63) is 65.0 Å². The van der Waals surface area contributed by atoms with Crippen LogP contribution >= 0.6 is 0 Å². The van der Waals surface area contributed by atoms with Crippen LogP contribution in [0.3, 0.4) is 0 Å². The minimum atomic E-state index is -1.30. The molecule has 218 valence electrons. The van der Waals surface area contributed by atoms with Gasteiger partial charge in [-0.2, -0.15) is 0 Å². The number of nitrogens with two attached hydrogens (primary N) is 1. The number of nitrogens with one attached hydrogen (secondary N) is 1. The lowest BCUT2D eigenvalue weighted by molar-refractivity contribution is -0.136. The predicted molar refractivity (Wildman–Crippen MR) is 146 cm³/mol. The van der Waals surface area contributed by atoms with Crippen LogP contribution < -0.4 is 16.0 Å². The summed E-state index contributed by atoms with van der Waals surface area (Å²) >= 11 is 0. The van der Waals surface area contributed by atoms with Gasteiger partial charge in [-0.1, -0.05) is 18.2 Å². The summed E-state index contributed by atoms with van der Waals surface area (Å²) < 4.78 is 41.0. The van der Waals surface area contributed by atoms with Crippen molar-refractivity contribution in [3.8, 4) is 0 Å². The zero-order valence-corrected chi connectivity index (χ0v) is 22.9. The lowest BCUT2D eigenvalue weighted by Gasteiger charge is -2.57.